The highest BCUT2D eigenvalue weighted by Gasteiger charge is 2.34. The summed E-state index contributed by atoms with van der Waals surface area (Å²) < 4.78 is 16.1. The van der Waals surface area contributed by atoms with Gasteiger partial charge in [-0.2, -0.15) is 4.98 Å². The van der Waals surface area contributed by atoms with Gasteiger partial charge in [0.15, 0.2) is 16.6 Å². The number of benzene rings is 2. The van der Waals surface area contributed by atoms with Crippen LogP contribution in [0.4, 0.5) is 0 Å². The van der Waals surface area contributed by atoms with Gasteiger partial charge < -0.3 is 29.3 Å². The van der Waals surface area contributed by atoms with Crippen LogP contribution in [0.5, 0.6) is 17.2 Å². The van der Waals surface area contributed by atoms with E-state index in [-0.39, 0.29) is 5.75 Å². The molecule has 2 N–H and O–H groups in total. The number of methoxy groups -OCH3 is 2. The lowest BCUT2D eigenvalue weighted by atomic mass is 9.94. The molecule has 170 valence electrons. The van der Waals surface area contributed by atoms with E-state index >= 15 is 0 Å². The van der Waals surface area contributed by atoms with Gasteiger partial charge >= 0.3 is 0 Å². The van der Waals surface area contributed by atoms with Crippen LogP contribution in [0.25, 0.3) is 17.0 Å². The van der Waals surface area contributed by atoms with Crippen LogP contribution in [0.2, 0.25) is 0 Å². The zero-order valence-electron chi connectivity index (χ0n) is 18.5. The van der Waals surface area contributed by atoms with E-state index in [1.165, 1.54) is 7.11 Å². The molecule has 1 aliphatic heterocycles. The Kier molecular flexibility index (Phi) is 6.32. The maximum Gasteiger partial charge on any atom is 0.258 e. The average Bonchev–Trinajstić information content (AvgIpc) is 3.31. The third-order valence-corrected chi connectivity index (χ3v) is 5.79. The van der Waals surface area contributed by atoms with E-state index in [4.69, 9.17) is 26.2 Å². The fraction of sp³-hybridized carbons (Fsp3) is 0.208. The summed E-state index contributed by atoms with van der Waals surface area (Å²) in [7, 11) is 3.12. The van der Waals surface area contributed by atoms with Crippen LogP contribution in [-0.2, 0) is 0 Å². The number of phenolic OH excluding ortho intramolecular Hbond substituents is 1. The van der Waals surface area contributed by atoms with E-state index < -0.39 is 6.04 Å². The lowest BCUT2D eigenvalue weighted by molar-refractivity contribution is 0.372. The molecule has 1 aromatic heterocycles. The number of thiocarbonyl (C=S) groups is 1. The van der Waals surface area contributed by atoms with Crippen LogP contribution in [0.1, 0.15) is 24.4 Å². The summed E-state index contributed by atoms with van der Waals surface area (Å²) in [5.41, 5.74) is 3.17. The van der Waals surface area contributed by atoms with Crippen LogP contribution < -0.4 is 14.8 Å². The number of aromatic nitrogens is 2. The standard InChI is InChI=1S/C24H24N4O4S/c1-5-12-28-14(2)20(21(25-24(28)33)16-8-11-19(31-4)18(29)13-16)23-26-22(27-32-23)15-6-9-17(30-3)10-7-15/h5-11,13,21,29H,1,12H2,2-4H3,(H,25,33). The first-order chi connectivity index (χ1) is 16.0. The summed E-state index contributed by atoms with van der Waals surface area (Å²) in [4.78, 5) is 6.57. The van der Waals surface area contributed by atoms with Gasteiger partial charge in [0.2, 0.25) is 5.82 Å². The second-order valence-corrected chi connectivity index (χ2v) is 7.75. The molecule has 3 aromatic rings. The fourth-order valence-electron chi connectivity index (χ4n) is 3.73. The van der Waals surface area contributed by atoms with Crippen molar-refractivity contribution < 1.29 is 19.1 Å². The number of aromatic hydroxyl groups is 1. The Balaban J connectivity index is 1.80. The lowest BCUT2D eigenvalue weighted by Crippen LogP contribution is -2.45. The van der Waals surface area contributed by atoms with Gasteiger partial charge in [-0.15, -0.1) is 6.58 Å². The number of hydrogen-bond acceptors (Lipinski definition) is 7. The maximum atomic E-state index is 10.4. The number of phenols is 1. The molecule has 8 nitrogen and oxygen atoms in total. The van der Waals surface area contributed by atoms with Crippen molar-refractivity contribution in [2.45, 2.75) is 13.0 Å². The zero-order valence-corrected chi connectivity index (χ0v) is 19.3. The predicted octanol–water partition coefficient (Wildman–Crippen LogP) is 4.31. The van der Waals surface area contributed by atoms with Gasteiger partial charge in [-0.3, -0.25) is 0 Å². The highest BCUT2D eigenvalue weighted by atomic mass is 32.1. The van der Waals surface area contributed by atoms with Crippen molar-refractivity contribution in [2.75, 3.05) is 20.8 Å². The average molecular weight is 465 g/mol. The molecule has 0 radical (unpaired) electrons. The largest absolute Gasteiger partial charge is 0.504 e. The Bertz CT molecular complexity index is 1220. The molecule has 0 saturated carbocycles. The molecule has 9 heteroatoms. The summed E-state index contributed by atoms with van der Waals surface area (Å²) in [5.74, 6) is 1.95. The Morgan fingerprint density at radius 1 is 1.21 bits per heavy atom. The van der Waals surface area contributed by atoms with Crippen molar-refractivity contribution >= 4 is 22.9 Å². The summed E-state index contributed by atoms with van der Waals surface area (Å²) >= 11 is 5.60. The third-order valence-electron chi connectivity index (χ3n) is 5.45. The van der Waals surface area contributed by atoms with Crippen molar-refractivity contribution in [2.24, 2.45) is 0 Å². The lowest BCUT2D eigenvalue weighted by Gasteiger charge is -2.36. The van der Waals surface area contributed by atoms with Gasteiger partial charge in [0.25, 0.3) is 5.89 Å². The number of ether oxygens (including phenoxy) is 2. The molecule has 0 saturated heterocycles. The third kappa shape index (κ3) is 4.27. The summed E-state index contributed by atoms with van der Waals surface area (Å²) in [5, 5.41) is 18.4. The fourth-order valence-corrected chi connectivity index (χ4v) is 4.06. The Hall–Kier alpha value is -3.85. The smallest absolute Gasteiger partial charge is 0.258 e. The topological polar surface area (TPSA) is 92.9 Å². The van der Waals surface area contributed by atoms with E-state index in [1.54, 1.807) is 25.3 Å². The molecule has 4 rings (SSSR count). The van der Waals surface area contributed by atoms with Gasteiger partial charge in [-0.25, -0.2) is 0 Å². The highest BCUT2D eigenvalue weighted by molar-refractivity contribution is 7.80. The maximum absolute atomic E-state index is 10.4. The molecule has 0 amide bonds. The molecule has 2 heterocycles. The molecule has 33 heavy (non-hydrogen) atoms. The Morgan fingerprint density at radius 3 is 2.61 bits per heavy atom. The van der Waals surface area contributed by atoms with E-state index in [1.807, 2.05) is 42.2 Å². The van der Waals surface area contributed by atoms with Gasteiger partial charge in [0.05, 0.1) is 25.8 Å². The van der Waals surface area contributed by atoms with Crippen molar-refractivity contribution in [1.29, 1.82) is 0 Å². The molecule has 0 spiro atoms. The molecular weight excluding hydrogens is 440 g/mol. The number of allylic oxidation sites excluding steroid dienone is 1. The second-order valence-electron chi connectivity index (χ2n) is 7.36. The molecule has 0 aliphatic carbocycles. The van der Waals surface area contributed by atoms with Crippen LogP contribution >= 0.6 is 12.2 Å². The highest BCUT2D eigenvalue weighted by Crippen LogP contribution is 2.39. The number of nitrogens with one attached hydrogen (secondary N) is 1. The quantitative estimate of drug-likeness (QED) is 0.392. The molecule has 0 bridgehead atoms. The predicted molar refractivity (Wildman–Crippen MR) is 129 cm³/mol. The first kappa shape index (κ1) is 22.3. The molecule has 1 aliphatic rings. The summed E-state index contributed by atoms with van der Waals surface area (Å²) in [6, 6.07) is 12.2. The minimum atomic E-state index is -0.417. The van der Waals surface area contributed by atoms with Gasteiger partial charge in [-0.05, 0) is 61.1 Å². The van der Waals surface area contributed by atoms with Gasteiger partial charge in [-0.1, -0.05) is 17.3 Å². The number of nitrogens with zero attached hydrogens (tertiary/aromatic N) is 3. The van der Waals surface area contributed by atoms with Crippen LogP contribution in [-0.4, -0.2) is 46.0 Å². The van der Waals surface area contributed by atoms with E-state index in [9.17, 15) is 5.11 Å². The molecule has 0 fully saturated rings. The minimum Gasteiger partial charge on any atom is -0.504 e. The normalized spacial score (nSPS) is 15.9. The summed E-state index contributed by atoms with van der Waals surface area (Å²) in [6.45, 7) is 6.29. The van der Waals surface area contributed by atoms with Crippen LogP contribution in [0.15, 0.2) is 65.3 Å². The summed E-state index contributed by atoms with van der Waals surface area (Å²) in [6.07, 6.45) is 1.77. The first-order valence-corrected chi connectivity index (χ1v) is 10.6. The molecule has 1 unspecified atom stereocenters. The van der Waals surface area contributed by atoms with Crippen LogP contribution in [0, 0.1) is 0 Å². The second kappa shape index (κ2) is 9.33. The van der Waals surface area contributed by atoms with Crippen molar-refractivity contribution in [1.82, 2.24) is 20.4 Å². The van der Waals surface area contributed by atoms with Crippen molar-refractivity contribution in [3.8, 4) is 28.6 Å². The van der Waals surface area contributed by atoms with E-state index in [0.717, 1.165) is 28.1 Å². The SMILES string of the molecule is C=CCN1C(=S)NC(c2ccc(OC)c(O)c2)C(c2nc(-c3ccc(OC)cc3)no2)=C1C. The first-order valence-electron chi connectivity index (χ1n) is 10.2. The Labute approximate surface area is 197 Å². The van der Waals surface area contributed by atoms with Gasteiger partial charge in [0.1, 0.15) is 5.75 Å². The van der Waals surface area contributed by atoms with Crippen LogP contribution in [0.3, 0.4) is 0 Å². The molecule has 1 atom stereocenters. The number of rotatable bonds is 7. The number of hydrogen-bond donors (Lipinski definition) is 2. The van der Waals surface area contributed by atoms with Crippen molar-refractivity contribution in [3.63, 3.8) is 0 Å². The Morgan fingerprint density at radius 2 is 1.97 bits per heavy atom. The van der Waals surface area contributed by atoms with Crippen molar-refractivity contribution in [3.05, 3.63) is 72.3 Å². The monoisotopic (exact) mass is 464 g/mol. The molecular formula is C24H24N4O4S. The van der Waals surface area contributed by atoms with E-state index in [2.05, 4.69) is 22.0 Å². The van der Waals surface area contributed by atoms with E-state index in [0.29, 0.717) is 29.1 Å². The van der Waals surface area contributed by atoms with Gasteiger partial charge in [0, 0.05) is 17.8 Å². The molecule has 2 aromatic carbocycles. The minimum absolute atomic E-state index is 0.0256. The zero-order chi connectivity index (χ0) is 23.5.